The van der Waals surface area contributed by atoms with Crippen molar-refractivity contribution in [3.05, 3.63) is 224 Å². The van der Waals surface area contributed by atoms with Crippen molar-refractivity contribution in [3.8, 4) is 44.5 Å². The Morgan fingerprint density at radius 2 is 0.828 bits per heavy atom. The summed E-state index contributed by atoms with van der Waals surface area (Å²) in [7, 11) is 0. The molecule has 0 atom stereocenters. The van der Waals surface area contributed by atoms with E-state index in [4.69, 9.17) is 4.42 Å². The maximum absolute atomic E-state index is 6.87. The van der Waals surface area contributed by atoms with E-state index in [9.17, 15) is 0 Å². The lowest BCUT2D eigenvalue weighted by atomic mass is 9.91. The fourth-order valence-electron chi connectivity index (χ4n) is 8.73. The van der Waals surface area contributed by atoms with Crippen molar-refractivity contribution in [2.24, 2.45) is 0 Å². The monoisotopic (exact) mass is 739 g/mol. The number of rotatable bonds is 7. The first-order chi connectivity index (χ1) is 28.8. The summed E-state index contributed by atoms with van der Waals surface area (Å²) in [5.41, 5.74) is 14.5. The van der Waals surface area contributed by atoms with E-state index in [0.29, 0.717) is 0 Å². The molecular weight excluding hydrogens is 703 g/mol. The van der Waals surface area contributed by atoms with Crippen molar-refractivity contribution in [1.29, 1.82) is 0 Å². The van der Waals surface area contributed by atoms with Gasteiger partial charge in [0.1, 0.15) is 11.2 Å². The topological polar surface area (TPSA) is 16.4 Å². The van der Waals surface area contributed by atoms with Gasteiger partial charge in [0.15, 0.2) is 0 Å². The molecule has 11 aromatic rings. The van der Waals surface area contributed by atoms with Gasteiger partial charge in [0.2, 0.25) is 0 Å². The Kier molecular flexibility index (Phi) is 8.19. The van der Waals surface area contributed by atoms with E-state index in [0.717, 1.165) is 55.3 Å². The molecular formula is C56H37NO. The van der Waals surface area contributed by atoms with Gasteiger partial charge in [-0.1, -0.05) is 194 Å². The lowest BCUT2D eigenvalue weighted by molar-refractivity contribution is 0.673. The highest BCUT2D eigenvalue weighted by Crippen LogP contribution is 2.48. The first kappa shape index (κ1) is 33.6. The summed E-state index contributed by atoms with van der Waals surface area (Å²) in [4.78, 5) is 2.44. The van der Waals surface area contributed by atoms with Crippen LogP contribution in [-0.2, 0) is 0 Å². The number of hydrogen-bond donors (Lipinski definition) is 0. The second kappa shape index (κ2) is 14.1. The summed E-state index contributed by atoms with van der Waals surface area (Å²) >= 11 is 0. The van der Waals surface area contributed by atoms with Crippen LogP contribution >= 0.6 is 0 Å². The van der Waals surface area contributed by atoms with Crippen LogP contribution < -0.4 is 4.90 Å². The fourth-order valence-corrected chi connectivity index (χ4v) is 8.73. The highest BCUT2D eigenvalue weighted by molar-refractivity contribution is 6.23. The highest BCUT2D eigenvalue weighted by atomic mass is 16.3. The molecule has 0 saturated heterocycles. The summed E-state index contributed by atoms with van der Waals surface area (Å²) in [5.74, 6) is 0. The molecule has 0 N–H and O–H groups in total. The minimum absolute atomic E-state index is 0.872. The van der Waals surface area contributed by atoms with Crippen LogP contribution in [0, 0.1) is 0 Å². The molecule has 0 aliphatic heterocycles. The van der Waals surface area contributed by atoms with Crippen LogP contribution in [0.15, 0.2) is 229 Å². The van der Waals surface area contributed by atoms with E-state index in [1.54, 1.807) is 0 Å². The number of benzene rings is 10. The molecule has 0 unspecified atom stereocenters. The van der Waals surface area contributed by atoms with Gasteiger partial charge in [-0.25, -0.2) is 0 Å². The summed E-state index contributed by atoms with van der Waals surface area (Å²) in [6.45, 7) is 0. The number of fused-ring (bicyclic) bond motifs is 6. The third kappa shape index (κ3) is 5.74. The molecule has 11 rings (SSSR count). The molecule has 10 aromatic carbocycles. The van der Waals surface area contributed by atoms with Gasteiger partial charge in [-0.15, -0.1) is 0 Å². The van der Waals surface area contributed by atoms with E-state index in [1.165, 1.54) is 49.7 Å². The Labute approximate surface area is 337 Å². The first-order valence-corrected chi connectivity index (χ1v) is 19.8. The molecule has 0 aliphatic carbocycles. The molecule has 0 fully saturated rings. The molecule has 2 heteroatoms. The average Bonchev–Trinajstić information content (AvgIpc) is 3.69. The zero-order valence-electron chi connectivity index (χ0n) is 31.7. The van der Waals surface area contributed by atoms with E-state index < -0.39 is 0 Å². The standard InChI is InChI=1S/C56H37NO/c1-3-15-38(16-4-1)39-29-31-40(32-30-39)41-33-35-44(36-34-41)57(52-27-13-20-43-19-7-8-22-46(43)52)53-37-51-55-49(47-23-10-9-21-45(47)42-17-5-2-6-18-42)26-14-28-54(55)58-56(51)50-25-12-11-24-48(50)53/h1-37H. The second-order valence-electron chi connectivity index (χ2n) is 14.8. The van der Waals surface area contributed by atoms with Crippen LogP contribution in [0.2, 0.25) is 0 Å². The van der Waals surface area contributed by atoms with Crippen LogP contribution in [0.4, 0.5) is 17.1 Å². The van der Waals surface area contributed by atoms with Gasteiger partial charge < -0.3 is 9.32 Å². The highest BCUT2D eigenvalue weighted by Gasteiger charge is 2.23. The minimum atomic E-state index is 0.872. The number of hydrogen-bond acceptors (Lipinski definition) is 2. The lowest BCUT2D eigenvalue weighted by Gasteiger charge is -2.28. The molecule has 2 nitrogen and oxygen atoms in total. The van der Waals surface area contributed by atoms with Crippen LogP contribution in [0.25, 0.3) is 88.0 Å². The third-order valence-corrected chi connectivity index (χ3v) is 11.5. The molecule has 0 radical (unpaired) electrons. The molecule has 272 valence electrons. The Balaban J connectivity index is 1.13. The predicted molar refractivity (Wildman–Crippen MR) is 245 cm³/mol. The molecule has 0 aliphatic rings. The van der Waals surface area contributed by atoms with Gasteiger partial charge in [0.05, 0.1) is 11.4 Å². The SMILES string of the molecule is c1ccc(-c2ccc(-c3ccc(N(c4cccc5ccccc45)c4cc5c(oc6cccc(-c7ccccc7-c7ccccc7)c65)c5ccccc45)cc3)cc2)cc1. The van der Waals surface area contributed by atoms with Crippen molar-refractivity contribution in [1.82, 2.24) is 0 Å². The molecule has 58 heavy (non-hydrogen) atoms. The van der Waals surface area contributed by atoms with Crippen LogP contribution in [0.5, 0.6) is 0 Å². The number of nitrogens with zero attached hydrogens (tertiary/aromatic N) is 1. The van der Waals surface area contributed by atoms with Crippen molar-refractivity contribution in [3.63, 3.8) is 0 Å². The minimum Gasteiger partial charge on any atom is -0.455 e. The van der Waals surface area contributed by atoms with Gasteiger partial charge >= 0.3 is 0 Å². The summed E-state index contributed by atoms with van der Waals surface area (Å²) < 4.78 is 6.87. The summed E-state index contributed by atoms with van der Waals surface area (Å²) in [6, 6.07) is 80.5. The quantitative estimate of drug-likeness (QED) is 0.162. The molecule has 1 heterocycles. The van der Waals surface area contributed by atoms with Crippen LogP contribution in [0.3, 0.4) is 0 Å². The van der Waals surface area contributed by atoms with Gasteiger partial charge in [0, 0.05) is 32.6 Å². The number of furan rings is 1. The van der Waals surface area contributed by atoms with Gasteiger partial charge in [-0.2, -0.15) is 0 Å². The Hall–Kier alpha value is -7.68. The number of anilines is 3. The Morgan fingerprint density at radius 1 is 0.310 bits per heavy atom. The third-order valence-electron chi connectivity index (χ3n) is 11.5. The molecule has 0 saturated carbocycles. The van der Waals surface area contributed by atoms with Crippen molar-refractivity contribution >= 4 is 60.5 Å². The van der Waals surface area contributed by atoms with E-state index in [2.05, 4.69) is 229 Å². The molecule has 1 aromatic heterocycles. The Bertz CT molecular complexity index is 3250. The first-order valence-electron chi connectivity index (χ1n) is 19.8. The van der Waals surface area contributed by atoms with Crippen LogP contribution in [0.1, 0.15) is 0 Å². The summed E-state index contributed by atoms with van der Waals surface area (Å²) in [6.07, 6.45) is 0. The molecule has 0 spiro atoms. The predicted octanol–water partition coefficient (Wildman–Crippen LogP) is 16.0. The van der Waals surface area contributed by atoms with Crippen molar-refractivity contribution in [2.45, 2.75) is 0 Å². The molecule has 0 bridgehead atoms. The Morgan fingerprint density at radius 3 is 1.55 bits per heavy atom. The normalized spacial score (nSPS) is 11.4. The average molecular weight is 740 g/mol. The van der Waals surface area contributed by atoms with E-state index in [-0.39, 0.29) is 0 Å². The van der Waals surface area contributed by atoms with E-state index in [1.807, 2.05) is 0 Å². The maximum Gasteiger partial charge on any atom is 0.143 e. The van der Waals surface area contributed by atoms with Crippen LogP contribution in [-0.4, -0.2) is 0 Å². The zero-order valence-corrected chi connectivity index (χ0v) is 31.7. The van der Waals surface area contributed by atoms with Crippen molar-refractivity contribution in [2.75, 3.05) is 4.90 Å². The zero-order chi connectivity index (χ0) is 38.4. The maximum atomic E-state index is 6.87. The van der Waals surface area contributed by atoms with E-state index >= 15 is 0 Å². The second-order valence-corrected chi connectivity index (χ2v) is 14.8. The fraction of sp³-hybridized carbons (Fsp3) is 0. The lowest BCUT2D eigenvalue weighted by Crippen LogP contribution is -2.11. The smallest absolute Gasteiger partial charge is 0.143 e. The van der Waals surface area contributed by atoms with Gasteiger partial charge in [-0.05, 0) is 80.2 Å². The van der Waals surface area contributed by atoms with Gasteiger partial charge in [-0.3, -0.25) is 0 Å². The molecule has 0 amide bonds. The largest absolute Gasteiger partial charge is 0.455 e. The van der Waals surface area contributed by atoms with Crippen molar-refractivity contribution < 1.29 is 4.42 Å². The van der Waals surface area contributed by atoms with Gasteiger partial charge in [0.25, 0.3) is 0 Å². The summed E-state index contributed by atoms with van der Waals surface area (Å²) in [5, 5.41) is 6.77.